The quantitative estimate of drug-likeness (QED) is 0.841. The molecule has 0 saturated heterocycles. The van der Waals surface area contributed by atoms with Crippen LogP contribution in [0.2, 0.25) is 0 Å². The average Bonchev–Trinajstić information content (AvgIpc) is 2.27. The van der Waals surface area contributed by atoms with Gasteiger partial charge in [-0.25, -0.2) is 0 Å². The summed E-state index contributed by atoms with van der Waals surface area (Å²) in [6.45, 7) is 1.68. The summed E-state index contributed by atoms with van der Waals surface area (Å²) in [5.41, 5.74) is -0.941. The van der Waals surface area contributed by atoms with Gasteiger partial charge in [0.15, 0.2) is 0 Å². The van der Waals surface area contributed by atoms with Crippen LogP contribution in [0.3, 0.4) is 0 Å². The standard InChI is InChI=1S/C13H11BrF3NO/c1-3-4-8(2)18-12(19)10-7-9(13(15,16)17)5-6-11(10)14/h1,5-8H,4H2,2H3,(H,18,19). The van der Waals surface area contributed by atoms with Gasteiger partial charge in [-0.05, 0) is 41.1 Å². The van der Waals surface area contributed by atoms with Gasteiger partial charge in [-0.15, -0.1) is 12.3 Å². The lowest BCUT2D eigenvalue weighted by Crippen LogP contribution is -2.32. The predicted molar refractivity (Wildman–Crippen MR) is 69.5 cm³/mol. The van der Waals surface area contributed by atoms with Crippen LogP contribution in [0, 0.1) is 12.3 Å². The second-order valence-electron chi connectivity index (χ2n) is 3.98. The van der Waals surface area contributed by atoms with Crippen molar-refractivity contribution in [2.24, 2.45) is 0 Å². The summed E-state index contributed by atoms with van der Waals surface area (Å²) in [6, 6.07) is 2.61. The van der Waals surface area contributed by atoms with Gasteiger partial charge < -0.3 is 5.32 Å². The number of alkyl halides is 3. The molecular formula is C13H11BrF3NO. The van der Waals surface area contributed by atoms with E-state index in [-0.39, 0.29) is 11.6 Å². The summed E-state index contributed by atoms with van der Waals surface area (Å²) in [5.74, 6) is 1.77. The van der Waals surface area contributed by atoms with Crippen LogP contribution in [0.4, 0.5) is 13.2 Å². The fraction of sp³-hybridized carbons (Fsp3) is 0.308. The summed E-state index contributed by atoms with van der Waals surface area (Å²) in [6.07, 6.45) is 0.918. The Hall–Kier alpha value is -1.48. The van der Waals surface area contributed by atoms with E-state index in [1.165, 1.54) is 6.07 Å². The number of hydrogen-bond acceptors (Lipinski definition) is 1. The Morgan fingerprint density at radius 3 is 2.68 bits per heavy atom. The molecule has 2 nitrogen and oxygen atoms in total. The molecular weight excluding hydrogens is 323 g/mol. The predicted octanol–water partition coefficient (Wildman–Crippen LogP) is 3.61. The van der Waals surface area contributed by atoms with Crippen LogP contribution in [0.5, 0.6) is 0 Å². The van der Waals surface area contributed by atoms with Crippen LogP contribution in [-0.2, 0) is 6.18 Å². The van der Waals surface area contributed by atoms with Crippen molar-refractivity contribution in [3.63, 3.8) is 0 Å². The first-order valence-electron chi connectivity index (χ1n) is 5.36. The summed E-state index contributed by atoms with van der Waals surface area (Å²) in [4.78, 5) is 11.9. The molecule has 102 valence electrons. The number of carbonyl (C=O) groups excluding carboxylic acids is 1. The fourth-order valence-corrected chi connectivity index (χ4v) is 1.83. The highest BCUT2D eigenvalue weighted by molar-refractivity contribution is 9.10. The lowest BCUT2D eigenvalue weighted by molar-refractivity contribution is -0.137. The molecule has 0 aliphatic rings. The van der Waals surface area contributed by atoms with Crippen LogP contribution in [0.25, 0.3) is 0 Å². The molecule has 1 aromatic carbocycles. The van der Waals surface area contributed by atoms with Crippen molar-refractivity contribution in [2.75, 3.05) is 0 Å². The molecule has 1 amide bonds. The molecule has 1 N–H and O–H groups in total. The largest absolute Gasteiger partial charge is 0.416 e. The first kappa shape index (κ1) is 15.6. The fourth-order valence-electron chi connectivity index (χ4n) is 1.40. The maximum Gasteiger partial charge on any atom is 0.416 e. The molecule has 19 heavy (non-hydrogen) atoms. The summed E-state index contributed by atoms with van der Waals surface area (Å²) < 4.78 is 38.0. The van der Waals surface area contributed by atoms with E-state index in [9.17, 15) is 18.0 Å². The topological polar surface area (TPSA) is 29.1 Å². The van der Waals surface area contributed by atoms with Crippen molar-refractivity contribution in [1.82, 2.24) is 5.32 Å². The van der Waals surface area contributed by atoms with E-state index < -0.39 is 17.6 Å². The molecule has 0 fully saturated rings. The van der Waals surface area contributed by atoms with E-state index in [4.69, 9.17) is 6.42 Å². The third kappa shape index (κ3) is 4.28. The Morgan fingerprint density at radius 2 is 2.16 bits per heavy atom. The van der Waals surface area contributed by atoms with Gasteiger partial charge in [-0.2, -0.15) is 13.2 Å². The molecule has 0 aliphatic carbocycles. The average molecular weight is 334 g/mol. The molecule has 1 unspecified atom stereocenters. The van der Waals surface area contributed by atoms with Gasteiger partial charge in [-0.3, -0.25) is 4.79 Å². The van der Waals surface area contributed by atoms with Crippen LogP contribution in [0.1, 0.15) is 29.3 Å². The minimum absolute atomic E-state index is 0.0707. The Morgan fingerprint density at radius 1 is 1.53 bits per heavy atom. The monoisotopic (exact) mass is 333 g/mol. The maximum atomic E-state index is 12.6. The minimum atomic E-state index is -4.49. The van der Waals surface area contributed by atoms with Gasteiger partial charge >= 0.3 is 6.18 Å². The Bertz CT molecular complexity index is 520. The van der Waals surface area contributed by atoms with Gasteiger partial charge in [0, 0.05) is 16.9 Å². The molecule has 0 aromatic heterocycles. The van der Waals surface area contributed by atoms with E-state index >= 15 is 0 Å². The Labute approximate surface area is 117 Å². The van der Waals surface area contributed by atoms with Crippen LogP contribution >= 0.6 is 15.9 Å². The first-order valence-corrected chi connectivity index (χ1v) is 6.16. The molecule has 0 aliphatic heterocycles. The van der Waals surface area contributed by atoms with E-state index in [1.807, 2.05) is 0 Å². The highest BCUT2D eigenvalue weighted by atomic mass is 79.9. The number of amides is 1. The minimum Gasteiger partial charge on any atom is -0.349 e. The molecule has 1 aromatic rings. The highest BCUT2D eigenvalue weighted by Crippen LogP contribution is 2.31. The van der Waals surface area contributed by atoms with E-state index in [1.54, 1.807) is 6.92 Å². The van der Waals surface area contributed by atoms with E-state index in [0.29, 0.717) is 10.9 Å². The number of nitrogens with one attached hydrogen (secondary N) is 1. The number of halogens is 4. The summed E-state index contributed by atoms with van der Waals surface area (Å²) >= 11 is 3.06. The van der Waals surface area contributed by atoms with E-state index in [2.05, 4.69) is 27.2 Å². The number of terminal acetylenes is 1. The van der Waals surface area contributed by atoms with Gasteiger partial charge in [-0.1, -0.05) is 0 Å². The third-order valence-electron chi connectivity index (χ3n) is 2.34. The van der Waals surface area contributed by atoms with Crippen LogP contribution in [0.15, 0.2) is 22.7 Å². The molecule has 1 rings (SSSR count). The molecule has 0 saturated carbocycles. The number of hydrogen-bond donors (Lipinski definition) is 1. The van der Waals surface area contributed by atoms with Crippen molar-refractivity contribution in [1.29, 1.82) is 0 Å². The zero-order chi connectivity index (χ0) is 14.6. The van der Waals surface area contributed by atoms with Gasteiger partial charge in [0.1, 0.15) is 0 Å². The van der Waals surface area contributed by atoms with Crippen molar-refractivity contribution < 1.29 is 18.0 Å². The van der Waals surface area contributed by atoms with Crippen LogP contribution in [-0.4, -0.2) is 11.9 Å². The van der Waals surface area contributed by atoms with Crippen LogP contribution < -0.4 is 5.32 Å². The summed E-state index contributed by atoms with van der Waals surface area (Å²) in [7, 11) is 0. The molecule has 0 radical (unpaired) electrons. The van der Waals surface area contributed by atoms with E-state index in [0.717, 1.165) is 12.1 Å². The van der Waals surface area contributed by atoms with Gasteiger partial charge in [0.05, 0.1) is 11.1 Å². The maximum absolute atomic E-state index is 12.6. The Balaban J connectivity index is 3.00. The molecule has 0 heterocycles. The molecule has 0 spiro atoms. The van der Waals surface area contributed by atoms with Crippen molar-refractivity contribution in [3.8, 4) is 12.3 Å². The lowest BCUT2D eigenvalue weighted by Gasteiger charge is -2.14. The molecule has 1 atom stereocenters. The van der Waals surface area contributed by atoms with Crippen molar-refractivity contribution in [3.05, 3.63) is 33.8 Å². The zero-order valence-electron chi connectivity index (χ0n) is 10.0. The highest BCUT2D eigenvalue weighted by Gasteiger charge is 2.31. The number of carbonyl (C=O) groups is 1. The second kappa shape index (κ2) is 6.11. The smallest absolute Gasteiger partial charge is 0.349 e. The third-order valence-corrected chi connectivity index (χ3v) is 3.03. The summed E-state index contributed by atoms with van der Waals surface area (Å²) in [5, 5.41) is 2.54. The molecule has 0 bridgehead atoms. The zero-order valence-corrected chi connectivity index (χ0v) is 11.6. The van der Waals surface area contributed by atoms with Crippen molar-refractivity contribution in [2.45, 2.75) is 25.6 Å². The second-order valence-corrected chi connectivity index (χ2v) is 4.83. The lowest BCUT2D eigenvalue weighted by atomic mass is 10.1. The number of benzene rings is 1. The normalized spacial score (nSPS) is 12.6. The Kier molecular flexibility index (Phi) is 5.01. The number of rotatable bonds is 3. The SMILES string of the molecule is C#CCC(C)NC(=O)c1cc(C(F)(F)F)ccc1Br. The first-order chi connectivity index (χ1) is 8.75. The van der Waals surface area contributed by atoms with Gasteiger partial charge in [0.2, 0.25) is 0 Å². The van der Waals surface area contributed by atoms with Gasteiger partial charge in [0.25, 0.3) is 5.91 Å². The molecule has 6 heteroatoms. The van der Waals surface area contributed by atoms with Crippen molar-refractivity contribution >= 4 is 21.8 Å².